The highest BCUT2D eigenvalue weighted by atomic mass is 32.2. The number of cyclic esters (lactones) is 1. The molecule has 9 atom stereocenters. The summed E-state index contributed by atoms with van der Waals surface area (Å²) < 4.78 is 20.8. The number of esters is 1. The number of carbonyl (C=O) groups is 3. The van der Waals surface area contributed by atoms with Crippen LogP contribution in [-0.2, 0) is 41.6 Å². The average Bonchev–Trinajstić information content (AvgIpc) is 3.65. The summed E-state index contributed by atoms with van der Waals surface area (Å²) in [6.07, 6.45) is 5.70. The minimum absolute atomic E-state index is 0.00405. The third kappa shape index (κ3) is 8.33. The average molecular weight is 851 g/mol. The second kappa shape index (κ2) is 17.6. The smallest absolute Gasteiger partial charge is 0.324 e. The Morgan fingerprint density at radius 2 is 1.87 bits per heavy atom. The molecule has 6 bridgehead atoms. The van der Waals surface area contributed by atoms with E-state index in [9.17, 15) is 14.4 Å². The zero-order valence-electron chi connectivity index (χ0n) is 36.4. The van der Waals surface area contributed by atoms with Crippen LogP contribution in [0.25, 0.3) is 22.2 Å². The minimum Gasteiger partial charge on any atom is -0.464 e. The minimum atomic E-state index is -1.13. The molecule has 8 rings (SSSR count). The molecule has 4 aromatic rings. The van der Waals surface area contributed by atoms with Gasteiger partial charge in [-0.1, -0.05) is 33.8 Å². The van der Waals surface area contributed by atoms with Crippen molar-refractivity contribution in [1.29, 1.82) is 0 Å². The molecule has 0 radical (unpaired) electrons. The number of aryl methyl sites for hydroxylation is 1. The number of benzene rings is 1. The van der Waals surface area contributed by atoms with Crippen molar-refractivity contribution in [2.24, 2.45) is 22.2 Å². The van der Waals surface area contributed by atoms with Crippen molar-refractivity contribution in [3.8, 4) is 11.3 Å². The molecule has 6 heterocycles. The van der Waals surface area contributed by atoms with Gasteiger partial charge in [-0.25, -0.2) is 15.4 Å². The number of aliphatic imine (C=N–C) groups is 1. The molecule has 2 unspecified atom stereocenters. The molecular formula is C46H58N8O6S. The monoisotopic (exact) mass is 850 g/mol. The van der Waals surface area contributed by atoms with Gasteiger partial charge in [0.05, 0.1) is 36.1 Å². The van der Waals surface area contributed by atoms with Crippen LogP contribution in [0, 0.1) is 17.3 Å². The lowest BCUT2D eigenvalue weighted by molar-refractivity contribution is -0.156. The summed E-state index contributed by atoms with van der Waals surface area (Å²) in [4.78, 5) is 62.0. The zero-order chi connectivity index (χ0) is 43.2. The van der Waals surface area contributed by atoms with Gasteiger partial charge in [0.2, 0.25) is 5.91 Å². The maximum Gasteiger partial charge on any atom is 0.324 e. The number of aromatic nitrogens is 4. The molecule has 324 valence electrons. The highest BCUT2D eigenvalue weighted by Crippen LogP contribution is 2.53. The molecule has 61 heavy (non-hydrogen) atoms. The van der Waals surface area contributed by atoms with Crippen LogP contribution in [0.3, 0.4) is 0 Å². The first-order chi connectivity index (χ1) is 29.3. The van der Waals surface area contributed by atoms with Crippen molar-refractivity contribution < 1.29 is 28.6 Å². The summed E-state index contributed by atoms with van der Waals surface area (Å²) in [5.41, 5.74) is 8.88. The van der Waals surface area contributed by atoms with Gasteiger partial charge in [0.25, 0.3) is 5.91 Å². The Hall–Kier alpha value is -4.70. The Morgan fingerprint density at radius 1 is 1.10 bits per heavy atom. The number of nitrogens with one attached hydrogen (secondary N) is 2. The third-order valence-corrected chi connectivity index (χ3v) is 13.9. The summed E-state index contributed by atoms with van der Waals surface area (Å²) >= 11 is 1.57. The fourth-order valence-electron chi connectivity index (χ4n) is 9.44. The molecule has 4 aliphatic rings. The van der Waals surface area contributed by atoms with Gasteiger partial charge in [-0.2, -0.15) is 0 Å². The molecule has 3 aromatic heterocycles. The highest BCUT2D eigenvalue weighted by molar-refractivity contribution is 8.14. The number of nitrogens with zero attached hydrogens (tertiary/aromatic N) is 6. The predicted molar refractivity (Wildman–Crippen MR) is 235 cm³/mol. The van der Waals surface area contributed by atoms with Crippen LogP contribution in [-0.4, -0.2) is 97.7 Å². The summed E-state index contributed by atoms with van der Waals surface area (Å²) in [6, 6.07) is 10.3. The van der Waals surface area contributed by atoms with E-state index in [-0.39, 0.29) is 48.4 Å². The number of methoxy groups -OCH3 is 1. The summed E-state index contributed by atoms with van der Waals surface area (Å²) in [7, 11) is 1.70. The summed E-state index contributed by atoms with van der Waals surface area (Å²) in [6.45, 7) is 15.9. The van der Waals surface area contributed by atoms with Gasteiger partial charge in [0.15, 0.2) is 0 Å². The summed E-state index contributed by atoms with van der Waals surface area (Å²) in [5.74, 6) is -1.10. The van der Waals surface area contributed by atoms with E-state index in [0.29, 0.717) is 43.2 Å². The van der Waals surface area contributed by atoms with Crippen molar-refractivity contribution in [1.82, 2.24) is 35.3 Å². The number of hydrazine groups is 1. The Morgan fingerprint density at radius 3 is 2.61 bits per heavy atom. The van der Waals surface area contributed by atoms with Gasteiger partial charge in [-0.3, -0.25) is 29.4 Å². The molecule has 14 nitrogen and oxygen atoms in total. The Balaban J connectivity index is 1.25. The lowest BCUT2D eigenvalue weighted by Crippen LogP contribution is -2.63. The highest BCUT2D eigenvalue weighted by Gasteiger charge is 2.55. The molecule has 1 aromatic carbocycles. The van der Waals surface area contributed by atoms with E-state index < -0.39 is 41.4 Å². The van der Waals surface area contributed by atoms with Crippen molar-refractivity contribution in [3.05, 3.63) is 77.6 Å². The number of fused-ring (bicyclic) bond motifs is 5. The molecule has 2 fully saturated rings. The Kier molecular flexibility index (Phi) is 12.4. The van der Waals surface area contributed by atoms with E-state index >= 15 is 0 Å². The maximum absolute atomic E-state index is 14.8. The number of amides is 2. The molecule has 0 spiro atoms. The van der Waals surface area contributed by atoms with Crippen LogP contribution in [0.4, 0.5) is 0 Å². The second-order valence-corrected chi connectivity index (χ2v) is 18.9. The van der Waals surface area contributed by atoms with Gasteiger partial charge in [0, 0.05) is 78.4 Å². The van der Waals surface area contributed by atoms with Crippen molar-refractivity contribution >= 4 is 45.5 Å². The molecule has 1 saturated carbocycles. The van der Waals surface area contributed by atoms with Gasteiger partial charge in [-0.15, -0.1) is 11.8 Å². The van der Waals surface area contributed by atoms with Crippen LogP contribution in [0.5, 0.6) is 0 Å². The number of pyridine rings is 1. The van der Waals surface area contributed by atoms with Crippen molar-refractivity contribution in [2.45, 2.75) is 116 Å². The lowest BCUT2D eigenvalue weighted by atomic mass is 9.84. The fraction of sp³-hybridized carbons (Fsp3) is 0.543. The van der Waals surface area contributed by atoms with E-state index in [1.807, 2.05) is 26.8 Å². The van der Waals surface area contributed by atoms with E-state index in [2.05, 4.69) is 77.2 Å². The Labute approximate surface area is 362 Å². The predicted octanol–water partition coefficient (Wildman–Crippen LogP) is 6.36. The van der Waals surface area contributed by atoms with Gasteiger partial charge in [-0.05, 0) is 87.4 Å². The molecule has 2 N–H and O–H groups in total. The largest absolute Gasteiger partial charge is 0.464 e. The summed E-state index contributed by atoms with van der Waals surface area (Å²) in [5, 5.41) is 6.32. The quantitative estimate of drug-likeness (QED) is 0.181. The third-order valence-electron chi connectivity index (χ3n) is 12.7. The van der Waals surface area contributed by atoms with Gasteiger partial charge < -0.3 is 24.1 Å². The topological polar surface area (TPSA) is 162 Å². The SMILES string of the molecule is CCO[C@@H]1C2=NC(c3ccc4c(c3)c(c(-c3cccnc3[C@H](C)OC)n4CC)CC(C)(C)COC(=O)[C@@H]3CCCN(N3)C(=O)[C@H]1NC(=O)[C@H]1[C@H](C)[C@@H]1c1ncccn1)C(C)S2. The van der Waals surface area contributed by atoms with Crippen LogP contribution in [0.2, 0.25) is 0 Å². The van der Waals surface area contributed by atoms with E-state index in [0.717, 1.165) is 39.0 Å². The first kappa shape index (κ1) is 43.0. The first-order valence-electron chi connectivity index (χ1n) is 21.7. The van der Waals surface area contributed by atoms with Crippen molar-refractivity contribution in [3.63, 3.8) is 0 Å². The maximum atomic E-state index is 14.8. The number of rotatable bonds is 9. The second-order valence-electron chi connectivity index (χ2n) is 17.5. The molecule has 1 aliphatic carbocycles. The fourth-order valence-corrected chi connectivity index (χ4v) is 10.7. The number of ether oxygens (including phenoxy) is 3. The first-order valence-corrected chi connectivity index (χ1v) is 22.5. The number of thioether (sulfide) groups is 1. The lowest BCUT2D eigenvalue weighted by Gasteiger charge is -2.37. The molecule has 15 heteroatoms. The Bertz CT molecular complexity index is 2320. The number of hydrogen-bond acceptors (Lipinski definition) is 12. The molecule has 1 saturated heterocycles. The molecule has 2 amide bonds. The standard InChI is InChI=1S/C46H58N8O6S/c1-9-53-33-17-16-28-22-30(33)31(39(53)29-14-11-18-47-36(29)26(4)58-8)23-46(6,7)24-60-45(57)32-15-12-21-54(52-32)44(56)38(40(59-10-2)43-51-37(28)27(5)61-43)50-42(55)35-25(3)34(35)41-48-19-13-20-49-41/h11,13-14,16-20,22,25-27,32,34-35,37-38,40,52H,9-10,12,15,21,23-24H2,1-8H3,(H,50,55)/t25-,26+,27?,32+,34+,35+,37?,38+,40+/m1/s1. The van der Waals surface area contributed by atoms with E-state index in [1.165, 1.54) is 5.01 Å². The zero-order valence-corrected chi connectivity index (χ0v) is 37.2. The normalized spacial score (nSPS) is 28.2. The molecule has 3 aliphatic heterocycles. The van der Waals surface area contributed by atoms with Gasteiger partial charge in [0.1, 0.15) is 29.1 Å². The van der Waals surface area contributed by atoms with Crippen molar-refractivity contribution in [2.75, 3.05) is 26.9 Å². The van der Waals surface area contributed by atoms with E-state index in [4.69, 9.17) is 24.2 Å². The van der Waals surface area contributed by atoms with Crippen LogP contribution in [0.1, 0.15) is 102 Å². The van der Waals surface area contributed by atoms with Gasteiger partial charge >= 0.3 is 5.97 Å². The number of carbonyl (C=O) groups excluding carboxylic acids is 3. The van der Waals surface area contributed by atoms with Crippen LogP contribution < -0.4 is 10.7 Å². The van der Waals surface area contributed by atoms with Crippen LogP contribution in [0.15, 0.2) is 60.0 Å². The van der Waals surface area contributed by atoms with Crippen LogP contribution >= 0.6 is 11.8 Å². The van der Waals surface area contributed by atoms with E-state index in [1.54, 1.807) is 43.5 Å². The number of hydrogen-bond donors (Lipinski definition) is 2. The molecular weight excluding hydrogens is 793 g/mol.